The van der Waals surface area contributed by atoms with Crippen molar-refractivity contribution in [3.63, 3.8) is 0 Å². The van der Waals surface area contributed by atoms with Gasteiger partial charge in [-0.2, -0.15) is 23.3 Å². The highest BCUT2D eigenvalue weighted by Gasteiger charge is 2.64. The number of rotatable bonds is 2. The summed E-state index contributed by atoms with van der Waals surface area (Å²) in [5, 5.41) is 13.8. The molecule has 0 radical (unpaired) electrons. The van der Waals surface area contributed by atoms with Crippen molar-refractivity contribution in [1.29, 1.82) is 0 Å². The molecule has 0 saturated heterocycles. The molecule has 120 valence electrons. The summed E-state index contributed by atoms with van der Waals surface area (Å²) in [7, 11) is 0. The van der Waals surface area contributed by atoms with Crippen molar-refractivity contribution in [3.05, 3.63) is 0 Å². The SMILES string of the molecule is CCOC(=O)N1N=C(C2CCCCC2)CC1(O)C(F)(F)F. The van der Waals surface area contributed by atoms with Crippen LogP contribution in [0.3, 0.4) is 0 Å². The van der Waals surface area contributed by atoms with E-state index in [9.17, 15) is 23.1 Å². The minimum atomic E-state index is -4.99. The van der Waals surface area contributed by atoms with Crippen molar-refractivity contribution in [2.45, 2.75) is 57.3 Å². The average Bonchev–Trinajstić information content (AvgIpc) is 2.79. The molecular weight excluding hydrogens is 289 g/mol. The van der Waals surface area contributed by atoms with Crippen molar-refractivity contribution in [2.24, 2.45) is 11.0 Å². The molecule has 0 spiro atoms. The van der Waals surface area contributed by atoms with E-state index in [2.05, 4.69) is 9.84 Å². The summed E-state index contributed by atoms with van der Waals surface area (Å²) in [6.07, 6.45) is -2.58. The second-order valence-corrected chi connectivity index (χ2v) is 5.43. The predicted octanol–water partition coefficient (Wildman–Crippen LogP) is 3.04. The van der Waals surface area contributed by atoms with Gasteiger partial charge in [0.15, 0.2) is 0 Å². The van der Waals surface area contributed by atoms with Crippen LogP contribution >= 0.6 is 0 Å². The Hall–Kier alpha value is -1.31. The fraction of sp³-hybridized carbons (Fsp3) is 0.846. The molecule has 1 aliphatic heterocycles. The molecule has 5 nitrogen and oxygen atoms in total. The van der Waals surface area contributed by atoms with Crippen molar-refractivity contribution < 1.29 is 27.8 Å². The molecule has 1 N–H and O–H groups in total. The van der Waals surface area contributed by atoms with E-state index in [0.717, 1.165) is 32.1 Å². The molecule has 8 heteroatoms. The smallest absolute Gasteiger partial charge is 0.439 e. The lowest BCUT2D eigenvalue weighted by Crippen LogP contribution is -2.56. The van der Waals surface area contributed by atoms with Crippen LogP contribution in [0.1, 0.15) is 45.4 Å². The van der Waals surface area contributed by atoms with Crippen LogP contribution in [0.25, 0.3) is 0 Å². The van der Waals surface area contributed by atoms with E-state index in [1.807, 2.05) is 0 Å². The molecule has 1 fully saturated rings. The van der Waals surface area contributed by atoms with Gasteiger partial charge < -0.3 is 9.84 Å². The van der Waals surface area contributed by atoms with Gasteiger partial charge in [0.2, 0.25) is 0 Å². The van der Waals surface area contributed by atoms with Gasteiger partial charge in [0, 0.05) is 12.1 Å². The number of ether oxygens (including phenoxy) is 1. The highest BCUT2D eigenvalue weighted by Crippen LogP contribution is 2.43. The fourth-order valence-corrected chi connectivity index (χ4v) is 2.83. The predicted molar refractivity (Wildman–Crippen MR) is 68.5 cm³/mol. The van der Waals surface area contributed by atoms with E-state index in [4.69, 9.17) is 0 Å². The van der Waals surface area contributed by atoms with E-state index in [1.54, 1.807) is 0 Å². The first-order valence-electron chi connectivity index (χ1n) is 7.13. The van der Waals surface area contributed by atoms with Gasteiger partial charge in [0.05, 0.1) is 6.61 Å². The van der Waals surface area contributed by atoms with Gasteiger partial charge >= 0.3 is 12.3 Å². The van der Waals surface area contributed by atoms with Crippen molar-refractivity contribution in [2.75, 3.05) is 6.61 Å². The quantitative estimate of drug-likeness (QED) is 0.853. The topological polar surface area (TPSA) is 62.1 Å². The molecule has 0 bridgehead atoms. The molecule has 1 unspecified atom stereocenters. The lowest BCUT2D eigenvalue weighted by Gasteiger charge is -2.31. The maximum absolute atomic E-state index is 13.2. The van der Waals surface area contributed by atoms with E-state index in [1.165, 1.54) is 6.92 Å². The lowest BCUT2D eigenvalue weighted by atomic mass is 9.83. The third kappa shape index (κ3) is 3.00. The molecule has 1 atom stereocenters. The van der Waals surface area contributed by atoms with Crippen molar-refractivity contribution in [3.8, 4) is 0 Å². The third-order valence-electron chi connectivity index (χ3n) is 3.98. The first-order valence-corrected chi connectivity index (χ1v) is 7.13. The number of carbonyl (C=O) groups is 1. The lowest BCUT2D eigenvalue weighted by molar-refractivity contribution is -0.299. The molecule has 0 aromatic heterocycles. The van der Waals surface area contributed by atoms with Crippen LogP contribution in [0.2, 0.25) is 0 Å². The Morgan fingerprint density at radius 1 is 1.43 bits per heavy atom. The average molecular weight is 308 g/mol. The summed E-state index contributed by atoms with van der Waals surface area (Å²) in [5.41, 5.74) is -3.06. The van der Waals surface area contributed by atoms with Crippen LogP contribution in [0.4, 0.5) is 18.0 Å². The number of alkyl halides is 3. The summed E-state index contributed by atoms with van der Waals surface area (Å²) in [6, 6.07) is 0. The van der Waals surface area contributed by atoms with E-state index >= 15 is 0 Å². The molecule has 0 aromatic carbocycles. The standard InChI is InChI=1S/C13H19F3N2O3/c1-2-21-11(19)18-12(20,13(14,15)16)8-10(17-18)9-6-4-3-5-7-9/h9,20H,2-8H2,1H3. The summed E-state index contributed by atoms with van der Waals surface area (Å²) in [5.74, 6) is -0.105. The normalized spacial score (nSPS) is 27.7. The van der Waals surface area contributed by atoms with Gasteiger partial charge in [-0.15, -0.1) is 0 Å². The monoisotopic (exact) mass is 308 g/mol. The van der Waals surface area contributed by atoms with Crippen LogP contribution in [0, 0.1) is 5.92 Å². The molecule has 0 aromatic rings. The Balaban J connectivity index is 2.25. The zero-order valence-electron chi connectivity index (χ0n) is 11.8. The summed E-state index contributed by atoms with van der Waals surface area (Å²) >= 11 is 0. The largest absolute Gasteiger partial charge is 0.448 e. The second kappa shape index (κ2) is 5.82. The molecule has 2 rings (SSSR count). The number of hydrogen-bond acceptors (Lipinski definition) is 4. The van der Waals surface area contributed by atoms with Gasteiger partial charge in [-0.3, -0.25) is 0 Å². The Bertz CT molecular complexity index is 433. The molecule has 1 heterocycles. The molecule has 1 amide bonds. The first-order chi connectivity index (χ1) is 9.79. The first kappa shape index (κ1) is 16.1. The van der Waals surface area contributed by atoms with Crippen LogP contribution in [-0.2, 0) is 4.74 Å². The molecule has 1 aliphatic carbocycles. The Morgan fingerprint density at radius 3 is 2.57 bits per heavy atom. The van der Waals surface area contributed by atoms with Crippen LogP contribution in [-0.4, -0.2) is 40.4 Å². The number of aliphatic hydroxyl groups is 1. The zero-order chi connectivity index (χ0) is 15.7. The molecular formula is C13H19F3N2O3. The number of nitrogens with zero attached hydrogens (tertiary/aromatic N) is 2. The molecule has 2 aliphatic rings. The minimum absolute atomic E-state index is 0.0560. The summed E-state index contributed by atoms with van der Waals surface area (Å²) in [6.45, 7) is 1.39. The van der Waals surface area contributed by atoms with Gasteiger partial charge in [0.1, 0.15) is 0 Å². The Kier molecular flexibility index (Phi) is 4.46. The van der Waals surface area contributed by atoms with E-state index in [0.29, 0.717) is 0 Å². The molecule has 21 heavy (non-hydrogen) atoms. The Morgan fingerprint density at radius 2 is 2.05 bits per heavy atom. The van der Waals surface area contributed by atoms with Gasteiger partial charge in [-0.05, 0) is 25.7 Å². The van der Waals surface area contributed by atoms with Gasteiger partial charge in [0.25, 0.3) is 5.72 Å². The fourth-order valence-electron chi connectivity index (χ4n) is 2.83. The highest BCUT2D eigenvalue weighted by atomic mass is 19.4. The number of halogens is 3. The highest BCUT2D eigenvalue weighted by molar-refractivity contribution is 5.91. The molecule has 1 saturated carbocycles. The van der Waals surface area contributed by atoms with E-state index in [-0.39, 0.29) is 23.2 Å². The Labute approximate surface area is 120 Å². The maximum Gasteiger partial charge on any atom is 0.439 e. The number of hydrazone groups is 1. The van der Waals surface area contributed by atoms with E-state index < -0.39 is 24.4 Å². The van der Waals surface area contributed by atoms with Gasteiger partial charge in [-0.25, -0.2) is 4.79 Å². The van der Waals surface area contributed by atoms with Crippen LogP contribution in [0.15, 0.2) is 5.10 Å². The van der Waals surface area contributed by atoms with Crippen LogP contribution < -0.4 is 0 Å². The maximum atomic E-state index is 13.2. The summed E-state index contributed by atoms with van der Waals surface area (Å²) < 4.78 is 44.1. The number of amides is 1. The second-order valence-electron chi connectivity index (χ2n) is 5.43. The number of carbonyl (C=O) groups excluding carboxylic acids is 1. The van der Waals surface area contributed by atoms with Gasteiger partial charge in [-0.1, -0.05) is 19.3 Å². The summed E-state index contributed by atoms with van der Waals surface area (Å²) in [4.78, 5) is 11.7. The van der Waals surface area contributed by atoms with Crippen molar-refractivity contribution >= 4 is 11.8 Å². The zero-order valence-corrected chi connectivity index (χ0v) is 11.8. The minimum Gasteiger partial charge on any atom is -0.448 e. The van der Waals surface area contributed by atoms with Crippen LogP contribution in [0.5, 0.6) is 0 Å². The third-order valence-corrected chi connectivity index (χ3v) is 3.98. The number of hydrogen-bond donors (Lipinski definition) is 1. The van der Waals surface area contributed by atoms with Crippen molar-refractivity contribution in [1.82, 2.24) is 5.01 Å².